The molecule has 1 aliphatic carbocycles. The summed E-state index contributed by atoms with van der Waals surface area (Å²) >= 11 is 0. The van der Waals surface area contributed by atoms with E-state index in [-0.39, 0.29) is 11.9 Å². The SMILES string of the molecule is CN1CCN(C2CCC(n3nc(-c4ccc(NCc5ccco5)c(F)c4)c4c(N)ncnc43)CC2)CC1. The van der Waals surface area contributed by atoms with Gasteiger partial charge >= 0.3 is 0 Å². The van der Waals surface area contributed by atoms with Crippen molar-refractivity contribution in [2.45, 2.75) is 44.3 Å². The van der Waals surface area contributed by atoms with E-state index in [1.807, 2.05) is 22.9 Å². The fraction of sp³-hybridized carbons (Fsp3) is 0.444. The minimum atomic E-state index is -0.366. The van der Waals surface area contributed by atoms with Crippen LogP contribution in [0, 0.1) is 5.82 Å². The molecule has 37 heavy (non-hydrogen) atoms. The third-order valence-electron chi connectivity index (χ3n) is 7.86. The van der Waals surface area contributed by atoms with E-state index in [0.717, 1.165) is 57.6 Å². The maximum Gasteiger partial charge on any atom is 0.164 e. The van der Waals surface area contributed by atoms with Gasteiger partial charge in [-0.25, -0.2) is 19.0 Å². The van der Waals surface area contributed by atoms with Gasteiger partial charge in [0, 0.05) is 37.8 Å². The van der Waals surface area contributed by atoms with Crippen molar-refractivity contribution in [1.82, 2.24) is 29.5 Å². The average molecular weight is 505 g/mol. The Balaban J connectivity index is 1.24. The molecule has 3 N–H and O–H groups in total. The molecule has 2 aliphatic rings. The number of halogens is 1. The number of furan rings is 1. The largest absolute Gasteiger partial charge is 0.467 e. The second kappa shape index (κ2) is 10.1. The first-order valence-electron chi connectivity index (χ1n) is 13.0. The summed E-state index contributed by atoms with van der Waals surface area (Å²) in [5, 5.41) is 8.72. The lowest BCUT2D eigenvalue weighted by Gasteiger charge is -2.41. The zero-order chi connectivity index (χ0) is 25.4. The van der Waals surface area contributed by atoms with Crippen molar-refractivity contribution in [1.29, 1.82) is 0 Å². The summed E-state index contributed by atoms with van der Waals surface area (Å²) in [6.45, 7) is 4.96. The van der Waals surface area contributed by atoms with Gasteiger partial charge in [0.25, 0.3) is 0 Å². The number of anilines is 2. The topological polar surface area (TPSA) is 101 Å². The van der Waals surface area contributed by atoms with Crippen LogP contribution in [-0.2, 0) is 6.54 Å². The quantitative estimate of drug-likeness (QED) is 0.404. The number of nitrogens with two attached hydrogens (primary N) is 1. The molecule has 194 valence electrons. The van der Waals surface area contributed by atoms with E-state index in [4.69, 9.17) is 15.2 Å². The lowest BCUT2D eigenvalue weighted by Crippen LogP contribution is -2.49. The normalized spacial score (nSPS) is 21.5. The number of hydrogen-bond acceptors (Lipinski definition) is 8. The molecule has 1 saturated carbocycles. The minimum absolute atomic E-state index is 0.230. The first-order valence-corrected chi connectivity index (χ1v) is 13.0. The van der Waals surface area contributed by atoms with Crippen LogP contribution in [0.25, 0.3) is 22.3 Å². The lowest BCUT2D eigenvalue weighted by atomic mass is 9.90. The molecule has 1 aliphatic heterocycles. The van der Waals surface area contributed by atoms with Gasteiger partial charge in [-0.05, 0) is 57.0 Å². The summed E-state index contributed by atoms with van der Waals surface area (Å²) < 4.78 is 22.4. The number of nitrogens with one attached hydrogen (secondary N) is 1. The summed E-state index contributed by atoms with van der Waals surface area (Å²) in [7, 11) is 2.19. The molecular weight excluding hydrogens is 471 g/mol. The first kappa shape index (κ1) is 23.9. The number of fused-ring (bicyclic) bond motifs is 1. The van der Waals surface area contributed by atoms with Crippen LogP contribution in [0.15, 0.2) is 47.3 Å². The van der Waals surface area contributed by atoms with E-state index >= 15 is 4.39 Å². The molecule has 0 amide bonds. The van der Waals surface area contributed by atoms with Crippen molar-refractivity contribution in [2.24, 2.45) is 0 Å². The lowest BCUT2D eigenvalue weighted by molar-refractivity contribution is 0.0815. The summed E-state index contributed by atoms with van der Waals surface area (Å²) in [5.41, 5.74) is 8.69. The number of benzene rings is 1. The second-order valence-electron chi connectivity index (χ2n) is 10.2. The smallest absolute Gasteiger partial charge is 0.164 e. The molecule has 0 unspecified atom stereocenters. The molecule has 10 heteroatoms. The Morgan fingerprint density at radius 2 is 1.84 bits per heavy atom. The molecule has 9 nitrogen and oxygen atoms in total. The average Bonchev–Trinajstić information content (AvgIpc) is 3.58. The van der Waals surface area contributed by atoms with Crippen LogP contribution in [0.1, 0.15) is 37.5 Å². The van der Waals surface area contributed by atoms with E-state index in [9.17, 15) is 0 Å². The van der Waals surface area contributed by atoms with E-state index in [1.54, 1.807) is 12.3 Å². The number of rotatable bonds is 6. The predicted octanol–water partition coefficient (Wildman–Crippen LogP) is 4.15. The van der Waals surface area contributed by atoms with Crippen molar-refractivity contribution in [3.63, 3.8) is 0 Å². The van der Waals surface area contributed by atoms with Gasteiger partial charge in [0.15, 0.2) is 5.65 Å². The molecular formula is C27H33FN8O. The monoisotopic (exact) mass is 504 g/mol. The summed E-state index contributed by atoms with van der Waals surface area (Å²) in [4.78, 5) is 13.8. The molecule has 0 spiro atoms. The molecule has 4 aromatic rings. The molecule has 6 rings (SSSR count). The highest BCUT2D eigenvalue weighted by Crippen LogP contribution is 2.37. The number of nitrogens with zero attached hydrogens (tertiary/aromatic N) is 6. The van der Waals surface area contributed by atoms with E-state index in [1.165, 1.54) is 12.4 Å². The van der Waals surface area contributed by atoms with Crippen LogP contribution in [0.5, 0.6) is 0 Å². The highest BCUT2D eigenvalue weighted by molar-refractivity contribution is 5.98. The van der Waals surface area contributed by atoms with Crippen molar-refractivity contribution in [3.05, 3.63) is 54.5 Å². The summed E-state index contributed by atoms with van der Waals surface area (Å²) in [6, 6.07) is 9.58. The molecule has 0 atom stereocenters. The standard InChI is InChI=1S/C27H33FN8O/c1-34-10-12-35(13-11-34)19-5-7-20(8-6-19)36-27-24(26(29)31-17-32-27)25(33-36)18-4-9-23(22(28)15-18)30-16-21-3-2-14-37-21/h2-4,9,14-15,17,19-20,30H,5-8,10-13,16H2,1H3,(H2,29,31,32). The number of nitrogen functional groups attached to an aromatic ring is 1. The van der Waals surface area contributed by atoms with Gasteiger partial charge in [-0.15, -0.1) is 0 Å². The van der Waals surface area contributed by atoms with Gasteiger partial charge in [0.2, 0.25) is 0 Å². The van der Waals surface area contributed by atoms with Crippen molar-refractivity contribution in [3.8, 4) is 11.3 Å². The molecule has 2 fully saturated rings. The van der Waals surface area contributed by atoms with Gasteiger partial charge in [0.05, 0.1) is 29.9 Å². The van der Waals surface area contributed by atoms with E-state index in [2.05, 4.69) is 32.1 Å². The van der Waals surface area contributed by atoms with Crippen molar-refractivity contribution < 1.29 is 8.81 Å². The number of piperazine rings is 1. The van der Waals surface area contributed by atoms with Gasteiger partial charge in [-0.3, -0.25) is 4.90 Å². The Morgan fingerprint density at radius 1 is 1.05 bits per heavy atom. The molecule has 1 saturated heterocycles. The minimum Gasteiger partial charge on any atom is -0.467 e. The zero-order valence-electron chi connectivity index (χ0n) is 21.1. The second-order valence-corrected chi connectivity index (χ2v) is 10.2. The van der Waals surface area contributed by atoms with Crippen LogP contribution < -0.4 is 11.1 Å². The number of likely N-dealkylation sites (N-methyl/N-ethyl adjacent to an activating group) is 1. The maximum absolute atomic E-state index is 15.1. The van der Waals surface area contributed by atoms with Crippen LogP contribution >= 0.6 is 0 Å². The molecule has 0 bridgehead atoms. The Labute approximate surface area is 215 Å². The van der Waals surface area contributed by atoms with Gasteiger partial charge < -0.3 is 20.4 Å². The van der Waals surface area contributed by atoms with Gasteiger partial charge in [-0.2, -0.15) is 5.10 Å². The Morgan fingerprint density at radius 3 is 2.57 bits per heavy atom. The van der Waals surface area contributed by atoms with Crippen LogP contribution in [0.3, 0.4) is 0 Å². The third-order valence-corrected chi connectivity index (χ3v) is 7.86. The predicted molar refractivity (Wildman–Crippen MR) is 142 cm³/mol. The Bertz CT molecular complexity index is 1350. The third kappa shape index (κ3) is 4.78. The van der Waals surface area contributed by atoms with Crippen LogP contribution in [0.2, 0.25) is 0 Å². The van der Waals surface area contributed by atoms with E-state index in [0.29, 0.717) is 46.4 Å². The van der Waals surface area contributed by atoms with Crippen LogP contribution in [0.4, 0.5) is 15.9 Å². The maximum atomic E-state index is 15.1. The molecule has 4 heterocycles. The Hall–Kier alpha value is -3.50. The first-order chi connectivity index (χ1) is 18.1. The van der Waals surface area contributed by atoms with E-state index < -0.39 is 0 Å². The molecule has 3 aromatic heterocycles. The Kier molecular flexibility index (Phi) is 6.52. The fourth-order valence-corrected chi connectivity index (χ4v) is 5.71. The number of hydrogen-bond donors (Lipinski definition) is 2. The summed E-state index contributed by atoms with van der Waals surface area (Å²) in [6.07, 6.45) is 7.41. The summed E-state index contributed by atoms with van der Waals surface area (Å²) in [5.74, 6) is 0.730. The highest BCUT2D eigenvalue weighted by Gasteiger charge is 2.30. The number of aromatic nitrogens is 4. The van der Waals surface area contributed by atoms with Crippen molar-refractivity contribution in [2.75, 3.05) is 44.3 Å². The highest BCUT2D eigenvalue weighted by atomic mass is 19.1. The van der Waals surface area contributed by atoms with Crippen molar-refractivity contribution >= 4 is 22.5 Å². The molecule has 1 aromatic carbocycles. The van der Waals surface area contributed by atoms with Crippen LogP contribution in [-0.4, -0.2) is 68.8 Å². The van der Waals surface area contributed by atoms with Gasteiger partial charge in [-0.1, -0.05) is 6.07 Å². The molecule has 0 radical (unpaired) electrons. The van der Waals surface area contributed by atoms with Gasteiger partial charge in [0.1, 0.15) is 29.4 Å². The fourth-order valence-electron chi connectivity index (χ4n) is 5.71. The zero-order valence-corrected chi connectivity index (χ0v) is 21.1.